The van der Waals surface area contributed by atoms with Crippen molar-refractivity contribution in [2.24, 2.45) is 5.92 Å². The average molecular weight is 147 g/mol. The fourth-order valence-electron chi connectivity index (χ4n) is 0. The molecule has 0 unspecified atom stereocenters. The molecular formula is C6H13NOS. The predicted octanol–water partition coefficient (Wildman–Crippen LogP) is 1.16. The van der Waals surface area contributed by atoms with Crippen molar-refractivity contribution >= 4 is 10.8 Å². The van der Waals surface area contributed by atoms with Gasteiger partial charge in [-0.2, -0.15) is 5.26 Å². The van der Waals surface area contributed by atoms with Gasteiger partial charge in [0.25, 0.3) is 0 Å². The van der Waals surface area contributed by atoms with Gasteiger partial charge < -0.3 is 0 Å². The predicted molar refractivity (Wildman–Crippen MR) is 40.4 cm³/mol. The van der Waals surface area contributed by atoms with E-state index in [2.05, 4.69) is 0 Å². The van der Waals surface area contributed by atoms with Gasteiger partial charge in [-0.25, -0.2) is 0 Å². The van der Waals surface area contributed by atoms with E-state index >= 15 is 0 Å². The molecule has 0 aliphatic carbocycles. The first-order chi connectivity index (χ1) is 4.00. The molecule has 0 aromatic rings. The molecule has 0 radical (unpaired) electrons. The van der Waals surface area contributed by atoms with Crippen LogP contribution in [-0.2, 0) is 10.8 Å². The largest absolute Gasteiger partial charge is 0.260 e. The summed E-state index contributed by atoms with van der Waals surface area (Å²) in [5.41, 5.74) is 0. The monoisotopic (exact) mass is 147 g/mol. The van der Waals surface area contributed by atoms with Crippen molar-refractivity contribution in [2.45, 2.75) is 13.8 Å². The molecule has 0 N–H and O–H groups in total. The van der Waals surface area contributed by atoms with Crippen molar-refractivity contribution in [2.75, 3.05) is 12.5 Å². The molecule has 0 bridgehead atoms. The van der Waals surface area contributed by atoms with Crippen LogP contribution in [0.3, 0.4) is 0 Å². The third kappa shape index (κ3) is 90.4. The highest BCUT2D eigenvalue weighted by atomic mass is 32.2. The summed E-state index contributed by atoms with van der Waals surface area (Å²) in [6.07, 6.45) is 3.28. The van der Waals surface area contributed by atoms with Crippen molar-refractivity contribution in [3.8, 4) is 6.07 Å². The van der Waals surface area contributed by atoms with Gasteiger partial charge >= 0.3 is 0 Å². The smallest absolute Gasteiger partial charge is 0.0649 e. The van der Waals surface area contributed by atoms with Crippen LogP contribution in [0.2, 0.25) is 0 Å². The lowest BCUT2D eigenvalue weighted by Crippen LogP contribution is -1.72. The van der Waals surface area contributed by atoms with Gasteiger partial charge in [0.1, 0.15) is 0 Å². The molecule has 0 aromatic carbocycles. The Hall–Kier alpha value is -0.360. The summed E-state index contributed by atoms with van der Waals surface area (Å²) in [6.45, 7) is 3.72. The highest BCUT2D eigenvalue weighted by Crippen LogP contribution is 1.81. The van der Waals surface area contributed by atoms with Crippen LogP contribution in [0.15, 0.2) is 0 Å². The summed E-state index contributed by atoms with van der Waals surface area (Å²) in [5, 5.41) is 7.89. The van der Waals surface area contributed by atoms with Crippen LogP contribution in [0.4, 0.5) is 0 Å². The van der Waals surface area contributed by atoms with Crippen LogP contribution in [0.5, 0.6) is 0 Å². The topological polar surface area (TPSA) is 40.9 Å². The van der Waals surface area contributed by atoms with Crippen LogP contribution < -0.4 is 0 Å². The van der Waals surface area contributed by atoms with Crippen molar-refractivity contribution < 1.29 is 4.21 Å². The SMILES string of the molecule is CC(C)C#N.CS(C)=O. The number of nitriles is 1. The maximum Gasteiger partial charge on any atom is 0.0649 e. The van der Waals surface area contributed by atoms with Gasteiger partial charge in [-0.3, -0.25) is 4.21 Å². The number of hydrogen-bond acceptors (Lipinski definition) is 2. The third-order valence-electron chi connectivity index (χ3n) is 0.258. The number of rotatable bonds is 0. The molecule has 0 fully saturated rings. The minimum atomic E-state index is -0.611. The Bertz CT molecular complexity index is 111. The molecule has 0 spiro atoms. The standard InChI is InChI=1S/C4H7N.C2H6OS/c1-4(2)3-5;1-4(2)3/h4H,1-2H3;1-2H3. The van der Waals surface area contributed by atoms with Crippen molar-refractivity contribution in [3.05, 3.63) is 0 Å². The van der Waals surface area contributed by atoms with E-state index in [0.29, 0.717) is 0 Å². The molecule has 0 aliphatic rings. The Morgan fingerprint density at radius 2 is 1.56 bits per heavy atom. The molecular weight excluding hydrogens is 134 g/mol. The zero-order valence-electron chi connectivity index (χ0n) is 6.34. The summed E-state index contributed by atoms with van der Waals surface area (Å²) < 4.78 is 9.56. The van der Waals surface area contributed by atoms with E-state index in [1.54, 1.807) is 12.5 Å². The van der Waals surface area contributed by atoms with Gasteiger partial charge in [-0.15, -0.1) is 0 Å². The first kappa shape index (κ1) is 11.4. The van der Waals surface area contributed by atoms with E-state index < -0.39 is 10.8 Å². The van der Waals surface area contributed by atoms with E-state index in [1.165, 1.54) is 0 Å². The molecule has 0 saturated heterocycles. The molecule has 0 aromatic heterocycles. The van der Waals surface area contributed by atoms with E-state index in [9.17, 15) is 4.21 Å². The Labute approximate surface area is 59.3 Å². The minimum Gasteiger partial charge on any atom is -0.260 e. The molecule has 54 valence electrons. The quantitative estimate of drug-likeness (QED) is 0.516. The fourth-order valence-corrected chi connectivity index (χ4v) is 0. The van der Waals surface area contributed by atoms with E-state index in [4.69, 9.17) is 5.26 Å². The minimum absolute atomic E-state index is 0.190. The second-order valence-electron chi connectivity index (χ2n) is 2.03. The molecule has 9 heavy (non-hydrogen) atoms. The number of hydrogen-bond donors (Lipinski definition) is 0. The van der Waals surface area contributed by atoms with Crippen molar-refractivity contribution in [1.29, 1.82) is 5.26 Å². The van der Waals surface area contributed by atoms with E-state index in [0.717, 1.165) is 0 Å². The Morgan fingerprint density at radius 1 is 1.44 bits per heavy atom. The van der Waals surface area contributed by atoms with Gasteiger partial charge in [-0.05, 0) is 13.8 Å². The van der Waals surface area contributed by atoms with Gasteiger partial charge in [0, 0.05) is 29.2 Å². The fraction of sp³-hybridized carbons (Fsp3) is 0.833. The molecule has 3 heteroatoms. The summed E-state index contributed by atoms with van der Waals surface area (Å²) in [4.78, 5) is 0. The second kappa shape index (κ2) is 7.64. The Morgan fingerprint density at radius 3 is 1.56 bits per heavy atom. The van der Waals surface area contributed by atoms with Crippen LogP contribution in [0.25, 0.3) is 0 Å². The Balaban J connectivity index is 0. The van der Waals surface area contributed by atoms with Gasteiger partial charge in [0.2, 0.25) is 0 Å². The molecule has 0 amide bonds. The molecule has 0 aliphatic heterocycles. The molecule has 0 rings (SSSR count). The number of nitrogens with zero attached hydrogens (tertiary/aromatic N) is 1. The average Bonchev–Trinajstić information content (AvgIpc) is 1.65. The summed E-state index contributed by atoms with van der Waals surface area (Å²) in [6, 6.07) is 2.03. The first-order valence-electron chi connectivity index (χ1n) is 2.65. The highest BCUT2D eigenvalue weighted by molar-refractivity contribution is 7.83. The van der Waals surface area contributed by atoms with E-state index in [-0.39, 0.29) is 5.92 Å². The van der Waals surface area contributed by atoms with Gasteiger partial charge in [0.15, 0.2) is 0 Å². The summed E-state index contributed by atoms with van der Waals surface area (Å²) >= 11 is 0. The first-order valence-corrected chi connectivity index (χ1v) is 4.62. The van der Waals surface area contributed by atoms with Crippen LogP contribution in [0, 0.1) is 17.2 Å². The van der Waals surface area contributed by atoms with E-state index in [1.807, 2.05) is 19.9 Å². The third-order valence-corrected chi connectivity index (χ3v) is 0.258. The Kier molecular flexibility index (Phi) is 9.71. The molecule has 2 nitrogen and oxygen atoms in total. The lowest BCUT2D eigenvalue weighted by atomic mass is 10.3. The summed E-state index contributed by atoms with van der Waals surface area (Å²) in [5.74, 6) is 0.190. The molecule has 0 atom stereocenters. The van der Waals surface area contributed by atoms with Crippen molar-refractivity contribution in [1.82, 2.24) is 0 Å². The second-order valence-corrected chi connectivity index (χ2v) is 3.51. The maximum atomic E-state index is 9.56. The zero-order valence-corrected chi connectivity index (χ0v) is 7.16. The zero-order chi connectivity index (χ0) is 7.86. The van der Waals surface area contributed by atoms with Gasteiger partial charge in [-0.1, -0.05) is 0 Å². The normalized spacial score (nSPS) is 8.11. The maximum absolute atomic E-state index is 9.56. The lowest BCUT2D eigenvalue weighted by Gasteiger charge is -1.75. The lowest BCUT2D eigenvalue weighted by molar-refractivity contribution is 0.690. The van der Waals surface area contributed by atoms with Crippen LogP contribution in [-0.4, -0.2) is 16.7 Å². The van der Waals surface area contributed by atoms with Crippen LogP contribution >= 0.6 is 0 Å². The summed E-state index contributed by atoms with van der Waals surface area (Å²) in [7, 11) is -0.611. The van der Waals surface area contributed by atoms with Gasteiger partial charge in [0.05, 0.1) is 6.07 Å². The van der Waals surface area contributed by atoms with Crippen molar-refractivity contribution in [3.63, 3.8) is 0 Å². The molecule has 0 saturated carbocycles. The highest BCUT2D eigenvalue weighted by Gasteiger charge is 1.78. The van der Waals surface area contributed by atoms with Crippen LogP contribution in [0.1, 0.15) is 13.8 Å². The molecule has 0 heterocycles.